The summed E-state index contributed by atoms with van der Waals surface area (Å²) < 4.78 is 5.52. The normalized spacial score (nSPS) is 13.5. The molecule has 1 aromatic rings. The zero-order valence-electron chi connectivity index (χ0n) is 13.0. The van der Waals surface area contributed by atoms with Gasteiger partial charge in [0.1, 0.15) is 0 Å². The van der Waals surface area contributed by atoms with E-state index in [0.717, 1.165) is 31.5 Å². The minimum absolute atomic E-state index is 0.0672. The lowest BCUT2D eigenvalue weighted by Gasteiger charge is -2.27. The van der Waals surface area contributed by atoms with Gasteiger partial charge in [0.15, 0.2) is 0 Å². The Labute approximate surface area is 117 Å². The summed E-state index contributed by atoms with van der Waals surface area (Å²) in [6.07, 6.45) is 5.09. The van der Waals surface area contributed by atoms with Crippen LogP contribution in [-0.4, -0.2) is 24.2 Å². The molecule has 0 aromatic carbocycles. The molecule has 1 atom stereocenters. The minimum Gasteiger partial charge on any atom is -0.379 e. The highest BCUT2D eigenvalue weighted by Crippen LogP contribution is 2.25. The highest BCUT2D eigenvalue weighted by atomic mass is 16.5. The third-order valence-corrected chi connectivity index (χ3v) is 3.65. The minimum atomic E-state index is -0.0672. The smallest absolute Gasteiger partial charge is 0.0623 e. The summed E-state index contributed by atoms with van der Waals surface area (Å²) in [4.78, 5) is 4.40. The predicted molar refractivity (Wildman–Crippen MR) is 80.3 cm³/mol. The number of ether oxygens (including phenoxy) is 1. The molecule has 0 aliphatic carbocycles. The lowest BCUT2D eigenvalue weighted by molar-refractivity contribution is 0.0116. The number of nitrogens with one attached hydrogen (secondary N) is 1. The van der Waals surface area contributed by atoms with Crippen LogP contribution in [0.15, 0.2) is 18.3 Å². The Balaban J connectivity index is 2.75. The third kappa shape index (κ3) is 5.29. The quantitative estimate of drug-likeness (QED) is 0.778. The van der Waals surface area contributed by atoms with Crippen molar-refractivity contribution in [2.24, 2.45) is 0 Å². The van der Waals surface area contributed by atoms with Crippen LogP contribution in [0.4, 0.5) is 0 Å². The number of nitrogens with zero attached hydrogens (tertiary/aromatic N) is 1. The van der Waals surface area contributed by atoms with E-state index in [1.165, 1.54) is 5.56 Å². The molecule has 1 N–H and O–H groups in total. The van der Waals surface area contributed by atoms with Gasteiger partial charge in [-0.15, -0.1) is 0 Å². The van der Waals surface area contributed by atoms with E-state index >= 15 is 0 Å². The number of rotatable bonds is 8. The molecule has 108 valence electrons. The van der Waals surface area contributed by atoms with E-state index in [2.05, 4.69) is 44.1 Å². The summed E-state index contributed by atoms with van der Waals surface area (Å²) in [5.74, 6) is 0. The van der Waals surface area contributed by atoms with Gasteiger partial charge >= 0.3 is 0 Å². The molecule has 0 amide bonds. The van der Waals surface area contributed by atoms with Gasteiger partial charge in [0.05, 0.1) is 5.60 Å². The second-order valence-electron chi connectivity index (χ2n) is 5.69. The fourth-order valence-corrected chi connectivity index (χ4v) is 2.15. The number of methoxy groups -OCH3 is 1. The Morgan fingerprint density at radius 2 is 2.16 bits per heavy atom. The van der Waals surface area contributed by atoms with Crippen LogP contribution in [-0.2, 0) is 4.74 Å². The van der Waals surface area contributed by atoms with Crippen LogP contribution in [0.5, 0.6) is 0 Å². The van der Waals surface area contributed by atoms with Gasteiger partial charge in [0.2, 0.25) is 0 Å². The molecule has 0 saturated heterocycles. The van der Waals surface area contributed by atoms with Crippen LogP contribution in [0.25, 0.3) is 0 Å². The maximum atomic E-state index is 5.52. The number of aryl methyl sites for hydroxylation is 1. The van der Waals surface area contributed by atoms with Gasteiger partial charge < -0.3 is 10.1 Å². The first-order chi connectivity index (χ1) is 9.00. The van der Waals surface area contributed by atoms with E-state index in [0.29, 0.717) is 6.04 Å². The van der Waals surface area contributed by atoms with Gasteiger partial charge in [-0.2, -0.15) is 0 Å². The molecule has 0 spiro atoms. The molecule has 0 aliphatic rings. The Morgan fingerprint density at radius 1 is 1.42 bits per heavy atom. The van der Waals surface area contributed by atoms with Crippen LogP contribution in [0.2, 0.25) is 0 Å². The van der Waals surface area contributed by atoms with Crippen LogP contribution < -0.4 is 5.32 Å². The highest BCUT2D eigenvalue weighted by molar-refractivity contribution is 5.22. The fraction of sp³-hybridized carbons (Fsp3) is 0.688. The summed E-state index contributed by atoms with van der Waals surface area (Å²) in [5, 5.41) is 3.63. The molecular formula is C16H28N2O. The monoisotopic (exact) mass is 264 g/mol. The second kappa shape index (κ2) is 7.61. The van der Waals surface area contributed by atoms with Crippen LogP contribution in [0, 0.1) is 6.92 Å². The molecule has 19 heavy (non-hydrogen) atoms. The summed E-state index contributed by atoms with van der Waals surface area (Å²) in [6.45, 7) is 9.59. The second-order valence-corrected chi connectivity index (χ2v) is 5.69. The molecule has 1 aromatic heterocycles. The summed E-state index contributed by atoms with van der Waals surface area (Å²) in [6, 6.07) is 4.56. The third-order valence-electron chi connectivity index (χ3n) is 3.65. The largest absolute Gasteiger partial charge is 0.379 e. The van der Waals surface area contributed by atoms with Crippen molar-refractivity contribution >= 4 is 0 Å². The van der Waals surface area contributed by atoms with Crippen molar-refractivity contribution < 1.29 is 4.74 Å². The molecule has 0 saturated carbocycles. The fourth-order valence-electron chi connectivity index (χ4n) is 2.15. The Bertz CT molecular complexity index is 377. The van der Waals surface area contributed by atoms with E-state index < -0.39 is 0 Å². The molecule has 0 fully saturated rings. The Hall–Kier alpha value is -0.930. The number of hydrogen-bond acceptors (Lipinski definition) is 3. The molecule has 0 aliphatic heterocycles. The standard InChI is InChI=1S/C16H28N2O/c1-6-11-18-15(9-10-16(3,4)19-5)14-8-7-12-17-13(14)2/h7-8,12,15,18H,6,9-11H2,1-5H3. The van der Waals surface area contributed by atoms with Gasteiger partial charge in [-0.25, -0.2) is 0 Å². The first-order valence-corrected chi connectivity index (χ1v) is 7.20. The maximum Gasteiger partial charge on any atom is 0.0623 e. The summed E-state index contributed by atoms with van der Waals surface area (Å²) in [5.41, 5.74) is 2.36. The molecule has 1 rings (SSSR count). The zero-order chi connectivity index (χ0) is 14.3. The van der Waals surface area contributed by atoms with Crippen molar-refractivity contribution in [3.63, 3.8) is 0 Å². The molecule has 0 radical (unpaired) electrons. The van der Waals surface area contributed by atoms with E-state index in [1.54, 1.807) is 7.11 Å². The van der Waals surface area contributed by atoms with Gasteiger partial charge in [-0.3, -0.25) is 4.98 Å². The van der Waals surface area contributed by atoms with E-state index in [9.17, 15) is 0 Å². The average molecular weight is 264 g/mol. The number of aromatic nitrogens is 1. The topological polar surface area (TPSA) is 34.1 Å². The molecule has 3 nitrogen and oxygen atoms in total. The van der Waals surface area contributed by atoms with Gasteiger partial charge in [0.25, 0.3) is 0 Å². The highest BCUT2D eigenvalue weighted by Gasteiger charge is 2.21. The number of pyridine rings is 1. The zero-order valence-corrected chi connectivity index (χ0v) is 13.0. The van der Waals surface area contributed by atoms with Gasteiger partial charge in [-0.05, 0) is 58.2 Å². The van der Waals surface area contributed by atoms with E-state index in [4.69, 9.17) is 4.74 Å². The van der Waals surface area contributed by atoms with Crippen LogP contribution >= 0.6 is 0 Å². The predicted octanol–water partition coefficient (Wildman–Crippen LogP) is 3.64. The lowest BCUT2D eigenvalue weighted by Crippen LogP contribution is -2.28. The molecule has 1 heterocycles. The molecule has 0 bridgehead atoms. The van der Waals surface area contributed by atoms with Crippen molar-refractivity contribution in [2.75, 3.05) is 13.7 Å². The molecule has 1 unspecified atom stereocenters. The Morgan fingerprint density at radius 3 is 2.74 bits per heavy atom. The Kier molecular flexibility index (Phi) is 6.46. The molecule has 3 heteroatoms. The van der Waals surface area contributed by atoms with Crippen LogP contribution in [0.1, 0.15) is 57.3 Å². The summed E-state index contributed by atoms with van der Waals surface area (Å²) >= 11 is 0. The van der Waals surface area contributed by atoms with E-state index in [1.807, 2.05) is 12.3 Å². The lowest BCUT2D eigenvalue weighted by atomic mass is 9.94. The maximum absolute atomic E-state index is 5.52. The van der Waals surface area contributed by atoms with Crippen LogP contribution in [0.3, 0.4) is 0 Å². The first-order valence-electron chi connectivity index (χ1n) is 7.20. The SMILES string of the molecule is CCCNC(CCC(C)(C)OC)c1cccnc1C. The van der Waals surface area contributed by atoms with Gasteiger partial charge in [-0.1, -0.05) is 13.0 Å². The van der Waals surface area contributed by atoms with Crippen molar-refractivity contribution in [1.82, 2.24) is 10.3 Å². The van der Waals surface area contributed by atoms with Crippen molar-refractivity contribution in [1.29, 1.82) is 0 Å². The van der Waals surface area contributed by atoms with Crippen molar-refractivity contribution in [2.45, 2.75) is 58.6 Å². The summed E-state index contributed by atoms with van der Waals surface area (Å²) in [7, 11) is 1.78. The van der Waals surface area contributed by atoms with Gasteiger partial charge in [0, 0.05) is 25.0 Å². The average Bonchev–Trinajstić information content (AvgIpc) is 2.40. The van der Waals surface area contributed by atoms with E-state index in [-0.39, 0.29) is 5.60 Å². The first kappa shape index (κ1) is 16.1. The molecular weight excluding hydrogens is 236 g/mol. The van der Waals surface area contributed by atoms with Crippen molar-refractivity contribution in [3.05, 3.63) is 29.6 Å². The van der Waals surface area contributed by atoms with Crippen molar-refractivity contribution in [3.8, 4) is 0 Å². The number of hydrogen-bond donors (Lipinski definition) is 1.